The minimum absolute atomic E-state index is 0. The summed E-state index contributed by atoms with van der Waals surface area (Å²) in [5.41, 5.74) is 4.68. The van der Waals surface area contributed by atoms with Gasteiger partial charge in [0.25, 0.3) is 0 Å². The van der Waals surface area contributed by atoms with Crippen LogP contribution in [0.4, 0.5) is 0 Å². The first-order valence-electron chi connectivity index (χ1n) is 20.3. The van der Waals surface area contributed by atoms with E-state index in [9.17, 15) is 14.4 Å². The van der Waals surface area contributed by atoms with E-state index in [4.69, 9.17) is 9.31 Å². The topological polar surface area (TPSA) is 88.2 Å². The van der Waals surface area contributed by atoms with E-state index in [1.165, 1.54) is 54.0 Å². The van der Waals surface area contributed by atoms with Gasteiger partial charge in [0.1, 0.15) is 0 Å². The molecule has 0 bridgehead atoms. The molecule has 0 aliphatic carbocycles. The lowest BCUT2D eigenvalue weighted by Crippen LogP contribution is -2.41. The number of hydrogen-bond donors (Lipinski definition) is 1. The molecule has 8 nitrogen and oxygen atoms in total. The third kappa shape index (κ3) is 15.3. The van der Waals surface area contributed by atoms with E-state index in [1.54, 1.807) is 13.8 Å². The summed E-state index contributed by atoms with van der Waals surface area (Å²) in [6.07, 6.45) is 6.80. The quantitative estimate of drug-likeness (QED) is 0.207. The fourth-order valence-corrected chi connectivity index (χ4v) is 8.11. The van der Waals surface area contributed by atoms with Crippen molar-refractivity contribution in [1.29, 1.82) is 0 Å². The molecule has 13 heteroatoms. The van der Waals surface area contributed by atoms with Gasteiger partial charge in [-0.05, 0) is 155 Å². The molecule has 0 spiro atoms. The summed E-state index contributed by atoms with van der Waals surface area (Å²) in [4.78, 5) is 35.7. The molecule has 3 aromatic rings. The SMILES string of the molecule is Brc1ccc(C2CCNCC2)cc1.CC(=O)Cl.CC(=O)N1CCC(c2ccc(B3OC(C)(C)C(C)(C)O3)cc2)CC1.CC(=O)N1CCC(c2ccc(Br)cc2)CC1.Cl. The fourth-order valence-electron chi connectivity index (χ4n) is 7.59. The summed E-state index contributed by atoms with van der Waals surface area (Å²) in [5.74, 6) is 2.31. The van der Waals surface area contributed by atoms with Gasteiger partial charge in [-0.3, -0.25) is 14.4 Å². The number of rotatable bonds is 4. The second kappa shape index (κ2) is 23.7. The van der Waals surface area contributed by atoms with Gasteiger partial charge < -0.3 is 24.4 Å². The molecule has 7 rings (SSSR count). The molecule has 0 atom stereocenters. The number of halogens is 4. The summed E-state index contributed by atoms with van der Waals surface area (Å²) < 4.78 is 14.5. The zero-order valence-electron chi connectivity index (χ0n) is 35.2. The normalized spacial score (nSPS) is 19.2. The Morgan fingerprint density at radius 1 is 0.603 bits per heavy atom. The number of benzene rings is 3. The van der Waals surface area contributed by atoms with Crippen molar-refractivity contribution in [2.45, 2.75) is 116 Å². The van der Waals surface area contributed by atoms with Crippen molar-refractivity contribution >= 4 is 85.5 Å². The number of carbonyl (C=O) groups is 3. The van der Waals surface area contributed by atoms with E-state index in [0.717, 1.165) is 67.7 Å². The molecule has 1 N–H and O–H groups in total. The van der Waals surface area contributed by atoms with E-state index < -0.39 is 0 Å². The number of carbonyl (C=O) groups excluding carboxylic acids is 3. The van der Waals surface area contributed by atoms with Crippen molar-refractivity contribution in [3.63, 3.8) is 0 Å². The van der Waals surface area contributed by atoms with Crippen LogP contribution in [0.25, 0.3) is 0 Å². The van der Waals surface area contributed by atoms with E-state index in [-0.39, 0.29) is 47.8 Å². The Morgan fingerprint density at radius 3 is 1.21 bits per heavy atom. The number of amides is 2. The maximum atomic E-state index is 11.4. The molecular weight excluding hydrogens is 904 g/mol. The number of nitrogens with zero attached hydrogens (tertiary/aromatic N) is 2. The Hall–Kier alpha value is -2.25. The Kier molecular flexibility index (Phi) is 20.5. The van der Waals surface area contributed by atoms with Crippen molar-refractivity contribution in [3.8, 4) is 0 Å². The molecule has 2 amide bonds. The van der Waals surface area contributed by atoms with Crippen LogP contribution in [-0.2, 0) is 23.7 Å². The molecule has 4 aliphatic heterocycles. The predicted octanol–water partition coefficient (Wildman–Crippen LogP) is 10.00. The van der Waals surface area contributed by atoms with Crippen LogP contribution in [0.5, 0.6) is 0 Å². The smallest absolute Gasteiger partial charge is 0.399 e. The zero-order valence-corrected chi connectivity index (χ0v) is 39.9. The zero-order chi connectivity index (χ0) is 41.8. The Balaban J connectivity index is 0.000000230. The summed E-state index contributed by atoms with van der Waals surface area (Å²) in [7, 11) is -0.302. The van der Waals surface area contributed by atoms with Crippen molar-refractivity contribution in [3.05, 3.63) is 98.4 Å². The van der Waals surface area contributed by atoms with Crippen LogP contribution < -0.4 is 10.8 Å². The third-order valence-corrected chi connectivity index (χ3v) is 12.9. The molecule has 0 saturated carbocycles. The van der Waals surface area contributed by atoms with Crippen LogP contribution in [0.2, 0.25) is 0 Å². The maximum Gasteiger partial charge on any atom is 0.494 e. The number of piperidine rings is 3. The van der Waals surface area contributed by atoms with Gasteiger partial charge in [0.05, 0.1) is 11.2 Å². The number of nitrogens with one attached hydrogen (secondary N) is 1. The molecule has 3 aromatic carbocycles. The standard InChI is InChI=1S/C19H28BNO3.C13H16BrNO.C11H14BrN.C2H3ClO.ClH/c1-14(22)21-12-10-16(11-13-21)15-6-8-17(9-7-15)20-23-18(2,3)19(4,5)24-20;1-10(16)15-8-6-12(7-9-15)11-2-4-13(14)5-3-11;12-11-3-1-9(2-4-11)10-5-7-13-8-6-10;1-2(3)4;/h6-9,16H,10-13H2,1-5H3;2-5,12H,6-9H2,1H3;1-4,10,13H,5-8H2;1H3;1H. The van der Waals surface area contributed by atoms with Crippen molar-refractivity contribution in [1.82, 2.24) is 15.1 Å². The van der Waals surface area contributed by atoms with Crippen LogP contribution in [0.15, 0.2) is 81.7 Å². The molecule has 0 unspecified atom stereocenters. The first kappa shape index (κ1) is 50.1. The van der Waals surface area contributed by atoms with Gasteiger partial charge in [0.2, 0.25) is 17.1 Å². The van der Waals surface area contributed by atoms with Gasteiger partial charge >= 0.3 is 7.12 Å². The van der Waals surface area contributed by atoms with E-state index in [2.05, 4.69) is 149 Å². The summed E-state index contributed by atoms with van der Waals surface area (Å²) in [6.45, 7) is 18.7. The minimum Gasteiger partial charge on any atom is -0.399 e. The maximum absolute atomic E-state index is 11.4. The van der Waals surface area contributed by atoms with Crippen LogP contribution in [0.3, 0.4) is 0 Å². The average molecular weight is 967 g/mol. The van der Waals surface area contributed by atoms with E-state index >= 15 is 0 Å². The van der Waals surface area contributed by atoms with Crippen LogP contribution >= 0.6 is 55.9 Å². The van der Waals surface area contributed by atoms with E-state index in [1.807, 2.05) is 9.80 Å². The molecule has 4 fully saturated rings. The molecule has 0 aromatic heterocycles. The minimum atomic E-state index is -0.361. The summed E-state index contributed by atoms with van der Waals surface area (Å²) in [5, 5.41) is 3.03. The summed E-state index contributed by atoms with van der Waals surface area (Å²) in [6, 6.07) is 25.9. The number of likely N-dealkylation sites (tertiary alicyclic amines) is 2. The van der Waals surface area contributed by atoms with E-state index in [0.29, 0.717) is 11.8 Å². The first-order chi connectivity index (χ1) is 27.0. The molecule has 318 valence electrons. The monoisotopic (exact) mass is 963 g/mol. The highest BCUT2D eigenvalue weighted by Gasteiger charge is 2.51. The van der Waals surface area contributed by atoms with Gasteiger partial charge in [-0.15, -0.1) is 12.4 Å². The molecule has 4 aliphatic rings. The Labute approximate surface area is 375 Å². The van der Waals surface area contributed by atoms with Gasteiger partial charge in [-0.1, -0.05) is 80.4 Å². The number of hydrogen-bond acceptors (Lipinski definition) is 6. The van der Waals surface area contributed by atoms with Crippen molar-refractivity contribution in [2.24, 2.45) is 0 Å². The lowest BCUT2D eigenvalue weighted by molar-refractivity contribution is -0.130. The van der Waals surface area contributed by atoms with Gasteiger partial charge in [0.15, 0.2) is 0 Å². The molecule has 58 heavy (non-hydrogen) atoms. The van der Waals surface area contributed by atoms with Gasteiger partial charge in [-0.2, -0.15) is 0 Å². The summed E-state index contributed by atoms with van der Waals surface area (Å²) >= 11 is 11.5. The van der Waals surface area contributed by atoms with Crippen LogP contribution in [0, 0.1) is 0 Å². The fraction of sp³-hybridized carbons (Fsp3) is 0.533. The Bertz CT molecular complexity index is 1710. The van der Waals surface area contributed by atoms with Crippen molar-refractivity contribution in [2.75, 3.05) is 39.3 Å². The predicted molar refractivity (Wildman–Crippen MR) is 248 cm³/mol. The average Bonchev–Trinajstić information content (AvgIpc) is 3.42. The lowest BCUT2D eigenvalue weighted by atomic mass is 9.77. The molecule has 4 saturated heterocycles. The van der Waals surface area contributed by atoms with Crippen LogP contribution in [-0.4, -0.2) is 84.4 Å². The van der Waals surface area contributed by atoms with Crippen LogP contribution in [0.1, 0.15) is 121 Å². The highest BCUT2D eigenvalue weighted by molar-refractivity contribution is 9.10. The largest absolute Gasteiger partial charge is 0.494 e. The molecular formula is C45H62BBr2Cl2N3O5. The van der Waals surface area contributed by atoms with Crippen molar-refractivity contribution < 1.29 is 23.7 Å². The van der Waals surface area contributed by atoms with Gasteiger partial charge in [-0.25, -0.2) is 0 Å². The first-order valence-corrected chi connectivity index (χ1v) is 22.3. The van der Waals surface area contributed by atoms with Gasteiger partial charge in [0, 0.05) is 55.9 Å². The second-order valence-corrected chi connectivity index (χ2v) is 18.8. The molecule has 0 radical (unpaired) electrons. The third-order valence-electron chi connectivity index (χ3n) is 11.8. The Morgan fingerprint density at radius 2 is 0.897 bits per heavy atom. The lowest BCUT2D eigenvalue weighted by Gasteiger charge is -2.32. The molecule has 4 heterocycles. The highest BCUT2D eigenvalue weighted by Crippen LogP contribution is 2.37. The highest BCUT2D eigenvalue weighted by atomic mass is 79.9. The second-order valence-electron chi connectivity index (χ2n) is 16.4.